The van der Waals surface area contributed by atoms with Crippen molar-refractivity contribution in [2.45, 2.75) is 6.61 Å². The molecule has 0 N–H and O–H groups in total. The van der Waals surface area contributed by atoms with E-state index in [4.69, 9.17) is 4.74 Å². The maximum atomic E-state index is 10.9. The predicted molar refractivity (Wildman–Crippen MR) is 126 cm³/mol. The number of nitrogens with zero attached hydrogens (tertiary/aromatic N) is 3. The van der Waals surface area contributed by atoms with E-state index >= 15 is 0 Å². The van der Waals surface area contributed by atoms with Crippen LogP contribution in [0.25, 0.3) is 11.6 Å². The summed E-state index contributed by atoms with van der Waals surface area (Å²) in [6, 6.07) is 17.4. The van der Waals surface area contributed by atoms with Crippen molar-refractivity contribution in [1.82, 2.24) is 0 Å². The maximum absolute atomic E-state index is 10.9. The number of ether oxygens (including phenoxy) is 1. The second kappa shape index (κ2) is 10.2. The predicted octanol–water partition coefficient (Wildman–Crippen LogP) is 6.67. The molecule has 0 aliphatic heterocycles. The van der Waals surface area contributed by atoms with Gasteiger partial charge in [0.15, 0.2) is 0 Å². The summed E-state index contributed by atoms with van der Waals surface area (Å²) in [7, 11) is 0. The first-order valence-corrected chi connectivity index (χ1v) is 10.6. The Hall–Kier alpha value is -3.55. The molecule has 3 rings (SSSR count). The molecule has 0 atom stereocenters. The molecule has 0 saturated heterocycles. The van der Waals surface area contributed by atoms with E-state index in [1.807, 2.05) is 0 Å². The smallest absolute Gasteiger partial charge is 0.269 e. The summed E-state index contributed by atoms with van der Waals surface area (Å²) >= 11 is 6.89. The number of nitro groups is 2. The second-order valence-corrected chi connectivity index (χ2v) is 8.26. The summed E-state index contributed by atoms with van der Waals surface area (Å²) in [6.45, 7) is 0.151. The zero-order valence-corrected chi connectivity index (χ0v) is 19.4. The fourth-order valence-corrected chi connectivity index (χ4v) is 4.18. The third-order valence-electron chi connectivity index (χ3n) is 4.38. The van der Waals surface area contributed by atoms with E-state index in [-0.39, 0.29) is 18.0 Å². The van der Waals surface area contributed by atoms with Crippen molar-refractivity contribution in [3.8, 4) is 11.8 Å². The van der Waals surface area contributed by atoms with Gasteiger partial charge in [-0.1, -0.05) is 15.9 Å². The van der Waals surface area contributed by atoms with E-state index in [0.29, 0.717) is 26.9 Å². The van der Waals surface area contributed by atoms with Crippen LogP contribution < -0.4 is 4.74 Å². The monoisotopic (exact) mass is 557 g/mol. The number of hydrogen-bond donors (Lipinski definition) is 0. The van der Waals surface area contributed by atoms with E-state index in [1.165, 1.54) is 36.4 Å². The third kappa shape index (κ3) is 5.57. The SMILES string of the molecule is N#C/C(=C\c1cc(Br)cc(Br)c1OCc1ccc([N+](=O)[O-])cc1)c1ccc([N+](=O)[O-])cc1. The lowest BCUT2D eigenvalue weighted by Crippen LogP contribution is -1.99. The van der Waals surface area contributed by atoms with Crippen molar-refractivity contribution >= 4 is 54.9 Å². The van der Waals surface area contributed by atoms with Gasteiger partial charge in [-0.25, -0.2) is 0 Å². The molecular formula is C22H13Br2N3O5. The Kier molecular flexibility index (Phi) is 7.35. The van der Waals surface area contributed by atoms with Crippen LogP contribution in [-0.4, -0.2) is 9.85 Å². The molecule has 3 aromatic carbocycles. The number of non-ortho nitro benzene ring substituents is 2. The Balaban J connectivity index is 1.92. The Morgan fingerprint density at radius 3 is 2.06 bits per heavy atom. The highest BCUT2D eigenvalue weighted by molar-refractivity contribution is 9.11. The number of nitro benzene ring substituents is 2. The second-order valence-electron chi connectivity index (χ2n) is 6.49. The highest BCUT2D eigenvalue weighted by Gasteiger charge is 2.13. The van der Waals surface area contributed by atoms with Gasteiger partial charge in [0, 0.05) is 34.3 Å². The third-order valence-corrected chi connectivity index (χ3v) is 5.42. The molecule has 3 aromatic rings. The molecule has 10 heteroatoms. The summed E-state index contributed by atoms with van der Waals surface area (Å²) in [5.74, 6) is 0.473. The lowest BCUT2D eigenvalue weighted by molar-refractivity contribution is -0.385. The van der Waals surface area contributed by atoms with Gasteiger partial charge >= 0.3 is 0 Å². The molecule has 0 spiro atoms. The molecule has 0 fully saturated rings. The summed E-state index contributed by atoms with van der Waals surface area (Å²) in [4.78, 5) is 20.7. The Labute approximate surface area is 199 Å². The van der Waals surface area contributed by atoms with Gasteiger partial charge < -0.3 is 4.74 Å². The molecule has 8 nitrogen and oxygen atoms in total. The molecule has 0 saturated carbocycles. The maximum Gasteiger partial charge on any atom is 0.269 e. The molecular weight excluding hydrogens is 546 g/mol. The van der Waals surface area contributed by atoms with Crippen molar-refractivity contribution in [2.24, 2.45) is 0 Å². The fourth-order valence-electron chi connectivity index (χ4n) is 2.81. The van der Waals surface area contributed by atoms with E-state index in [1.54, 1.807) is 30.3 Å². The number of hydrogen-bond acceptors (Lipinski definition) is 6. The lowest BCUT2D eigenvalue weighted by atomic mass is 10.0. The van der Waals surface area contributed by atoms with E-state index < -0.39 is 9.85 Å². The van der Waals surface area contributed by atoms with Crippen molar-refractivity contribution in [2.75, 3.05) is 0 Å². The lowest BCUT2D eigenvalue weighted by Gasteiger charge is -2.13. The largest absolute Gasteiger partial charge is 0.487 e. The zero-order chi connectivity index (χ0) is 23.3. The highest BCUT2D eigenvalue weighted by atomic mass is 79.9. The van der Waals surface area contributed by atoms with E-state index in [9.17, 15) is 25.5 Å². The van der Waals surface area contributed by atoms with Crippen LogP contribution in [0.5, 0.6) is 5.75 Å². The Morgan fingerprint density at radius 2 is 1.53 bits per heavy atom. The summed E-state index contributed by atoms with van der Waals surface area (Å²) < 4.78 is 7.35. The van der Waals surface area contributed by atoms with Gasteiger partial charge in [0.1, 0.15) is 12.4 Å². The molecule has 0 amide bonds. The number of nitriles is 1. The summed E-state index contributed by atoms with van der Waals surface area (Å²) in [6.07, 6.45) is 1.63. The van der Waals surface area contributed by atoms with Crippen molar-refractivity contribution in [3.63, 3.8) is 0 Å². The standard InChI is InChI=1S/C22H13Br2N3O5/c23-18-10-16(9-17(12-25)15-3-7-20(8-4-15)27(30)31)22(21(24)11-18)32-13-14-1-5-19(6-2-14)26(28)29/h1-11H,13H2/b17-9+. The molecule has 0 bridgehead atoms. The van der Waals surface area contributed by atoms with Gasteiger partial charge in [0.2, 0.25) is 0 Å². The van der Waals surface area contributed by atoms with Crippen LogP contribution in [0.4, 0.5) is 11.4 Å². The molecule has 0 aliphatic rings. The van der Waals surface area contributed by atoms with Gasteiger partial charge in [-0.15, -0.1) is 0 Å². The van der Waals surface area contributed by atoms with Gasteiger partial charge in [-0.3, -0.25) is 20.2 Å². The minimum atomic E-state index is -0.505. The van der Waals surface area contributed by atoms with Crippen LogP contribution in [0.2, 0.25) is 0 Å². The van der Waals surface area contributed by atoms with E-state index in [0.717, 1.165) is 10.0 Å². The average Bonchev–Trinajstić information content (AvgIpc) is 2.77. The van der Waals surface area contributed by atoms with E-state index in [2.05, 4.69) is 37.9 Å². The molecule has 0 aliphatic carbocycles. The topological polar surface area (TPSA) is 119 Å². The van der Waals surface area contributed by atoms with Crippen LogP contribution >= 0.6 is 31.9 Å². The van der Waals surface area contributed by atoms with Gasteiger partial charge in [0.05, 0.1) is 26.0 Å². The molecule has 160 valence electrons. The average molecular weight is 559 g/mol. The van der Waals surface area contributed by atoms with Crippen LogP contribution in [0.1, 0.15) is 16.7 Å². The Morgan fingerprint density at radius 1 is 0.969 bits per heavy atom. The normalized spacial score (nSPS) is 11.0. The first-order valence-electron chi connectivity index (χ1n) is 9.00. The summed E-state index contributed by atoms with van der Waals surface area (Å²) in [5.41, 5.74) is 2.08. The molecule has 0 heterocycles. The molecule has 0 aromatic heterocycles. The van der Waals surface area contributed by atoms with Gasteiger partial charge in [0.25, 0.3) is 11.4 Å². The molecule has 0 radical (unpaired) electrons. The first-order chi connectivity index (χ1) is 15.3. The number of rotatable bonds is 7. The van der Waals surface area contributed by atoms with Crippen LogP contribution in [0.3, 0.4) is 0 Å². The first kappa shape index (κ1) is 23.1. The Bertz CT molecular complexity index is 1250. The number of halogens is 2. The summed E-state index contributed by atoms with van der Waals surface area (Å²) in [5, 5.41) is 31.3. The number of benzene rings is 3. The highest BCUT2D eigenvalue weighted by Crippen LogP contribution is 2.36. The molecule has 32 heavy (non-hydrogen) atoms. The van der Waals surface area contributed by atoms with Crippen LogP contribution in [0, 0.1) is 31.6 Å². The minimum Gasteiger partial charge on any atom is -0.487 e. The molecule has 0 unspecified atom stereocenters. The number of allylic oxidation sites excluding steroid dienone is 1. The van der Waals surface area contributed by atoms with Crippen molar-refractivity contribution in [1.29, 1.82) is 5.26 Å². The minimum absolute atomic E-state index is 0.0102. The van der Waals surface area contributed by atoms with Gasteiger partial charge in [-0.2, -0.15) is 5.26 Å². The van der Waals surface area contributed by atoms with Crippen molar-refractivity contribution in [3.05, 3.63) is 107 Å². The quantitative estimate of drug-likeness (QED) is 0.138. The van der Waals surface area contributed by atoms with Gasteiger partial charge in [-0.05, 0) is 69.5 Å². The zero-order valence-electron chi connectivity index (χ0n) is 16.2. The van der Waals surface area contributed by atoms with Crippen LogP contribution in [-0.2, 0) is 6.61 Å². The van der Waals surface area contributed by atoms with Crippen LogP contribution in [0.15, 0.2) is 69.6 Å². The fraction of sp³-hybridized carbons (Fsp3) is 0.0455. The van der Waals surface area contributed by atoms with Crippen molar-refractivity contribution < 1.29 is 14.6 Å².